The molecule has 2 N–H and O–H groups in total. The first-order valence-electron chi connectivity index (χ1n) is 8.62. The highest BCUT2D eigenvalue weighted by molar-refractivity contribution is 7.89. The number of methoxy groups -OCH3 is 3. The molecule has 9 heteroatoms. The fourth-order valence-electron chi connectivity index (χ4n) is 3.09. The molecule has 0 aromatic heterocycles. The summed E-state index contributed by atoms with van der Waals surface area (Å²) in [5.74, 6) is -1.05. The second kappa shape index (κ2) is 8.29. The van der Waals surface area contributed by atoms with E-state index in [1.54, 1.807) is 12.1 Å². The Balaban J connectivity index is 2.25. The Morgan fingerprint density at radius 1 is 0.733 bits per heavy atom. The van der Waals surface area contributed by atoms with E-state index in [0.717, 1.165) is 12.1 Å². The van der Waals surface area contributed by atoms with Crippen molar-refractivity contribution in [3.8, 4) is 39.5 Å². The van der Waals surface area contributed by atoms with E-state index in [1.165, 1.54) is 45.6 Å². The Kier molecular flexibility index (Phi) is 5.95. The van der Waals surface area contributed by atoms with Crippen LogP contribution in [0.3, 0.4) is 0 Å². The van der Waals surface area contributed by atoms with Crippen LogP contribution in [-0.4, -0.2) is 29.7 Å². The largest absolute Gasteiger partial charge is 0.493 e. The average molecular weight is 435 g/mol. The molecule has 0 saturated heterocycles. The predicted octanol–water partition coefficient (Wildman–Crippen LogP) is 3.97. The molecule has 0 bridgehead atoms. The molecule has 6 nitrogen and oxygen atoms in total. The second-order valence-electron chi connectivity index (χ2n) is 6.30. The van der Waals surface area contributed by atoms with Crippen LogP contribution in [-0.2, 0) is 10.0 Å². The highest BCUT2D eigenvalue weighted by atomic mass is 32.2. The topological polar surface area (TPSA) is 87.9 Å². The van der Waals surface area contributed by atoms with E-state index < -0.39 is 21.7 Å². The molecule has 0 unspecified atom stereocenters. The predicted molar refractivity (Wildman–Crippen MR) is 108 cm³/mol. The molecule has 0 aliphatic rings. The summed E-state index contributed by atoms with van der Waals surface area (Å²) in [7, 11) is 0.456. The molecule has 0 atom stereocenters. The van der Waals surface area contributed by atoms with Crippen molar-refractivity contribution in [2.45, 2.75) is 4.90 Å². The fraction of sp³-hybridized carbons (Fsp3) is 0.143. The van der Waals surface area contributed by atoms with Crippen LogP contribution in [0, 0.1) is 11.6 Å². The van der Waals surface area contributed by atoms with Crippen LogP contribution >= 0.6 is 0 Å². The van der Waals surface area contributed by atoms with Crippen LogP contribution < -0.4 is 19.3 Å². The lowest BCUT2D eigenvalue weighted by atomic mass is 9.93. The summed E-state index contributed by atoms with van der Waals surface area (Å²) >= 11 is 0. The molecule has 3 aromatic rings. The summed E-state index contributed by atoms with van der Waals surface area (Å²) < 4.78 is 67.2. The number of ether oxygens (including phenoxy) is 3. The lowest BCUT2D eigenvalue weighted by Gasteiger charge is -2.16. The molecule has 0 aliphatic carbocycles. The minimum atomic E-state index is -3.89. The molecule has 3 rings (SSSR count). The highest BCUT2D eigenvalue weighted by Crippen LogP contribution is 2.43. The Hall–Kier alpha value is -3.17. The van der Waals surface area contributed by atoms with E-state index in [4.69, 9.17) is 19.3 Å². The Morgan fingerprint density at radius 3 is 1.60 bits per heavy atom. The van der Waals surface area contributed by atoms with Crippen molar-refractivity contribution in [1.82, 2.24) is 0 Å². The van der Waals surface area contributed by atoms with Crippen molar-refractivity contribution < 1.29 is 31.4 Å². The quantitative estimate of drug-likeness (QED) is 0.633. The van der Waals surface area contributed by atoms with Gasteiger partial charge < -0.3 is 14.2 Å². The average Bonchev–Trinajstić information content (AvgIpc) is 2.73. The van der Waals surface area contributed by atoms with Crippen LogP contribution in [0.5, 0.6) is 17.2 Å². The lowest BCUT2D eigenvalue weighted by molar-refractivity contribution is 0.324. The van der Waals surface area contributed by atoms with Gasteiger partial charge in [-0.3, -0.25) is 0 Å². The first kappa shape index (κ1) is 21.5. The van der Waals surface area contributed by atoms with E-state index in [1.807, 2.05) is 0 Å². The van der Waals surface area contributed by atoms with Gasteiger partial charge in [0, 0.05) is 0 Å². The summed E-state index contributed by atoms with van der Waals surface area (Å²) in [4.78, 5) is -0.0943. The molecule has 0 heterocycles. The number of halogens is 2. The lowest BCUT2D eigenvalue weighted by Crippen LogP contribution is -2.11. The minimum Gasteiger partial charge on any atom is -0.493 e. The van der Waals surface area contributed by atoms with E-state index in [0.29, 0.717) is 39.5 Å². The van der Waals surface area contributed by atoms with Gasteiger partial charge in [0.2, 0.25) is 15.8 Å². The molecule has 30 heavy (non-hydrogen) atoms. The van der Waals surface area contributed by atoms with Crippen molar-refractivity contribution in [2.24, 2.45) is 5.14 Å². The minimum absolute atomic E-state index is 0.0943. The van der Waals surface area contributed by atoms with Crippen molar-refractivity contribution in [2.75, 3.05) is 21.3 Å². The van der Waals surface area contributed by atoms with Crippen molar-refractivity contribution in [1.29, 1.82) is 0 Å². The molecular weight excluding hydrogens is 416 g/mol. The fourth-order valence-corrected chi connectivity index (χ4v) is 3.60. The first-order chi connectivity index (χ1) is 14.2. The summed E-state index contributed by atoms with van der Waals surface area (Å²) in [6, 6.07) is 10.8. The molecule has 0 saturated carbocycles. The van der Waals surface area contributed by atoms with Gasteiger partial charge in [-0.1, -0.05) is 12.1 Å². The first-order valence-corrected chi connectivity index (χ1v) is 10.2. The summed E-state index contributed by atoms with van der Waals surface area (Å²) in [6.45, 7) is 0. The Labute approximate surface area is 172 Å². The van der Waals surface area contributed by atoms with Gasteiger partial charge >= 0.3 is 0 Å². The summed E-state index contributed by atoms with van der Waals surface area (Å²) in [5.41, 5.74) is 1.62. The van der Waals surface area contributed by atoms with E-state index in [9.17, 15) is 17.2 Å². The Morgan fingerprint density at radius 2 is 1.20 bits per heavy atom. The van der Waals surface area contributed by atoms with Gasteiger partial charge in [-0.15, -0.1) is 0 Å². The smallest absolute Gasteiger partial charge is 0.238 e. The van der Waals surface area contributed by atoms with Gasteiger partial charge in [-0.05, 0) is 58.7 Å². The van der Waals surface area contributed by atoms with Crippen molar-refractivity contribution in [3.63, 3.8) is 0 Å². The molecule has 0 spiro atoms. The number of hydrogen-bond acceptors (Lipinski definition) is 5. The van der Waals surface area contributed by atoms with Crippen LogP contribution in [0.2, 0.25) is 0 Å². The number of nitrogens with two attached hydrogens (primary N) is 1. The van der Waals surface area contributed by atoms with E-state index in [-0.39, 0.29) is 4.90 Å². The summed E-state index contributed by atoms with van der Waals surface area (Å²) in [6.07, 6.45) is 0. The number of rotatable bonds is 6. The van der Waals surface area contributed by atoms with Crippen LogP contribution in [0.25, 0.3) is 22.3 Å². The van der Waals surface area contributed by atoms with Gasteiger partial charge in [0.15, 0.2) is 23.1 Å². The van der Waals surface area contributed by atoms with Crippen LogP contribution in [0.4, 0.5) is 8.78 Å². The van der Waals surface area contributed by atoms with Gasteiger partial charge in [0.25, 0.3) is 0 Å². The monoisotopic (exact) mass is 435 g/mol. The molecule has 3 aromatic carbocycles. The number of hydrogen-bond donors (Lipinski definition) is 1. The number of benzene rings is 3. The maximum atomic E-state index is 14.1. The highest BCUT2D eigenvalue weighted by Gasteiger charge is 2.19. The molecule has 158 valence electrons. The van der Waals surface area contributed by atoms with Crippen LogP contribution in [0.15, 0.2) is 53.4 Å². The van der Waals surface area contributed by atoms with E-state index >= 15 is 0 Å². The third-order valence-electron chi connectivity index (χ3n) is 4.53. The van der Waals surface area contributed by atoms with Gasteiger partial charge in [-0.2, -0.15) is 0 Å². The molecule has 0 aliphatic heterocycles. The molecule has 0 radical (unpaired) electrons. The third-order valence-corrected chi connectivity index (χ3v) is 5.46. The van der Waals surface area contributed by atoms with Crippen LogP contribution in [0.1, 0.15) is 0 Å². The van der Waals surface area contributed by atoms with Crippen molar-refractivity contribution >= 4 is 10.0 Å². The maximum Gasteiger partial charge on any atom is 0.238 e. The Bertz CT molecular complexity index is 1170. The molecule has 0 fully saturated rings. The van der Waals surface area contributed by atoms with Crippen molar-refractivity contribution in [3.05, 3.63) is 60.2 Å². The van der Waals surface area contributed by atoms with E-state index in [2.05, 4.69) is 0 Å². The summed E-state index contributed by atoms with van der Waals surface area (Å²) in [5, 5.41) is 5.12. The standard InChI is InChI=1S/C21H19F2NO5S/c1-27-19-8-13(9-20(28-2)21(19)29-3)16-11-18(23)17(22)10-15(16)12-4-6-14(7-5-12)30(24,25)26/h4-11H,1-3H3,(H2,24,25,26). The van der Waals surface area contributed by atoms with Gasteiger partial charge in [-0.25, -0.2) is 22.3 Å². The van der Waals surface area contributed by atoms with Gasteiger partial charge in [0.05, 0.1) is 26.2 Å². The SMILES string of the molecule is COc1cc(-c2cc(F)c(F)cc2-c2ccc(S(N)(=O)=O)cc2)cc(OC)c1OC. The third kappa shape index (κ3) is 4.07. The zero-order valence-corrected chi connectivity index (χ0v) is 17.2. The zero-order chi connectivity index (χ0) is 22.1. The normalized spacial score (nSPS) is 11.3. The number of sulfonamides is 1. The molecule has 0 amide bonds. The molecular formula is C21H19F2NO5S. The second-order valence-corrected chi connectivity index (χ2v) is 7.86. The zero-order valence-electron chi connectivity index (χ0n) is 16.4. The number of primary sulfonamides is 1. The maximum absolute atomic E-state index is 14.1. The van der Waals surface area contributed by atoms with Gasteiger partial charge in [0.1, 0.15) is 0 Å².